The second-order valence-corrected chi connectivity index (χ2v) is 6.42. The summed E-state index contributed by atoms with van der Waals surface area (Å²) in [6.45, 7) is 5.96. The maximum absolute atomic E-state index is 11.7. The number of aryl methyl sites for hydroxylation is 2. The van der Waals surface area contributed by atoms with Gasteiger partial charge in [-0.3, -0.25) is 9.69 Å². The highest BCUT2D eigenvalue weighted by Crippen LogP contribution is 2.19. The minimum atomic E-state index is 0.0606. The third-order valence-corrected chi connectivity index (χ3v) is 4.41. The molecule has 3 rings (SSSR count). The second-order valence-electron chi connectivity index (χ2n) is 6.42. The van der Waals surface area contributed by atoms with Crippen LogP contribution < -0.4 is 10.9 Å². The van der Waals surface area contributed by atoms with Crippen LogP contribution in [0.1, 0.15) is 17.7 Å². The van der Waals surface area contributed by atoms with Crippen LogP contribution in [0.2, 0.25) is 0 Å². The largest absolute Gasteiger partial charge is 0.370 e. The highest BCUT2D eigenvalue weighted by Gasteiger charge is 2.22. The summed E-state index contributed by atoms with van der Waals surface area (Å²) in [5.74, 6) is 1.58. The van der Waals surface area contributed by atoms with Crippen LogP contribution in [-0.4, -0.2) is 34.1 Å². The van der Waals surface area contributed by atoms with Crippen LogP contribution in [0.4, 0.5) is 5.82 Å². The van der Waals surface area contributed by atoms with Crippen molar-refractivity contribution in [1.82, 2.24) is 14.5 Å². The minimum absolute atomic E-state index is 0.0606. The predicted molar refractivity (Wildman–Crippen MR) is 92.5 cm³/mol. The monoisotopic (exact) mass is 312 g/mol. The van der Waals surface area contributed by atoms with Gasteiger partial charge in [0.1, 0.15) is 5.82 Å². The second kappa shape index (κ2) is 6.96. The van der Waals surface area contributed by atoms with Gasteiger partial charge in [0.25, 0.3) is 5.56 Å². The average Bonchev–Trinajstić information content (AvgIpc) is 2.97. The van der Waals surface area contributed by atoms with Crippen molar-refractivity contribution in [3.63, 3.8) is 0 Å². The zero-order chi connectivity index (χ0) is 16.2. The van der Waals surface area contributed by atoms with Crippen LogP contribution >= 0.6 is 0 Å². The maximum Gasteiger partial charge on any atom is 0.250 e. The van der Waals surface area contributed by atoms with E-state index in [1.807, 2.05) is 37.4 Å². The first kappa shape index (κ1) is 15.7. The van der Waals surface area contributed by atoms with Crippen molar-refractivity contribution < 1.29 is 0 Å². The number of hydrogen-bond donors (Lipinski definition) is 1. The molecule has 0 bridgehead atoms. The fraction of sp³-hybridized carbons (Fsp3) is 0.444. The van der Waals surface area contributed by atoms with E-state index in [4.69, 9.17) is 0 Å². The molecule has 1 aliphatic rings. The Labute approximate surface area is 137 Å². The van der Waals surface area contributed by atoms with E-state index in [0.717, 1.165) is 43.3 Å². The summed E-state index contributed by atoms with van der Waals surface area (Å²) in [7, 11) is 1.78. The summed E-state index contributed by atoms with van der Waals surface area (Å²) in [6.07, 6.45) is 3.03. The molecule has 1 saturated heterocycles. The zero-order valence-electron chi connectivity index (χ0n) is 13.8. The number of rotatable bonds is 5. The van der Waals surface area contributed by atoms with Crippen LogP contribution in [0.25, 0.3) is 0 Å². The molecule has 23 heavy (non-hydrogen) atoms. The van der Waals surface area contributed by atoms with Crippen molar-refractivity contribution in [3.8, 4) is 0 Å². The average molecular weight is 312 g/mol. The predicted octanol–water partition coefficient (Wildman–Crippen LogP) is 2.02. The molecule has 0 amide bonds. The van der Waals surface area contributed by atoms with E-state index in [0.29, 0.717) is 5.92 Å². The molecule has 0 unspecified atom stereocenters. The van der Waals surface area contributed by atoms with Gasteiger partial charge in [-0.15, -0.1) is 0 Å². The molecule has 0 radical (unpaired) electrons. The molecule has 1 N–H and O–H groups in total. The molecule has 0 saturated carbocycles. The molecule has 2 aromatic heterocycles. The fourth-order valence-corrected chi connectivity index (χ4v) is 3.06. The third-order valence-electron chi connectivity index (χ3n) is 4.41. The van der Waals surface area contributed by atoms with Crippen LogP contribution in [-0.2, 0) is 13.6 Å². The summed E-state index contributed by atoms with van der Waals surface area (Å²) in [5, 5.41) is 3.44. The Morgan fingerprint density at radius 2 is 2.22 bits per heavy atom. The van der Waals surface area contributed by atoms with Gasteiger partial charge in [0.05, 0.1) is 0 Å². The first-order chi connectivity index (χ1) is 11.1. The normalized spacial score (nSPS) is 18.3. The summed E-state index contributed by atoms with van der Waals surface area (Å²) >= 11 is 0. The van der Waals surface area contributed by atoms with Crippen molar-refractivity contribution >= 4 is 5.82 Å². The number of nitrogens with zero attached hydrogens (tertiary/aromatic N) is 3. The summed E-state index contributed by atoms with van der Waals surface area (Å²) in [4.78, 5) is 18.6. The quantitative estimate of drug-likeness (QED) is 0.918. The van der Waals surface area contributed by atoms with Gasteiger partial charge in [0.15, 0.2) is 0 Å². The van der Waals surface area contributed by atoms with Gasteiger partial charge in [-0.1, -0.05) is 6.07 Å². The van der Waals surface area contributed by atoms with E-state index in [-0.39, 0.29) is 5.56 Å². The van der Waals surface area contributed by atoms with E-state index in [2.05, 4.69) is 15.2 Å². The molecular formula is C18H24N4O. The molecule has 2 aromatic rings. The standard InChI is InChI=1S/C18H24N4O/c1-14-4-3-5-17(20-14)19-11-16-7-9-22(13-16)12-15-6-8-21(2)18(23)10-15/h3-6,8,10,16H,7,9,11-13H2,1-2H3,(H,19,20)/t16-/m0/s1. The van der Waals surface area contributed by atoms with Gasteiger partial charge in [-0.05, 0) is 49.6 Å². The summed E-state index contributed by atoms with van der Waals surface area (Å²) in [6, 6.07) is 9.82. The lowest BCUT2D eigenvalue weighted by atomic mass is 10.1. The molecule has 1 atom stereocenters. The van der Waals surface area contributed by atoms with Crippen molar-refractivity contribution in [2.45, 2.75) is 19.9 Å². The van der Waals surface area contributed by atoms with Gasteiger partial charge in [0.2, 0.25) is 0 Å². The fourth-order valence-electron chi connectivity index (χ4n) is 3.06. The van der Waals surface area contributed by atoms with Gasteiger partial charge < -0.3 is 9.88 Å². The van der Waals surface area contributed by atoms with Crippen molar-refractivity contribution in [1.29, 1.82) is 0 Å². The Morgan fingerprint density at radius 3 is 3.00 bits per heavy atom. The van der Waals surface area contributed by atoms with Crippen molar-refractivity contribution in [2.24, 2.45) is 13.0 Å². The Hall–Kier alpha value is -2.14. The van der Waals surface area contributed by atoms with E-state index in [1.165, 1.54) is 6.42 Å². The highest BCUT2D eigenvalue weighted by atomic mass is 16.1. The Balaban J connectivity index is 1.50. The number of nitrogens with one attached hydrogen (secondary N) is 1. The molecule has 3 heterocycles. The molecule has 5 heteroatoms. The topological polar surface area (TPSA) is 50.2 Å². The zero-order valence-corrected chi connectivity index (χ0v) is 13.8. The third kappa shape index (κ3) is 4.20. The molecule has 0 spiro atoms. The smallest absolute Gasteiger partial charge is 0.250 e. The number of anilines is 1. The van der Waals surface area contributed by atoms with Gasteiger partial charge in [0, 0.05) is 44.6 Å². The van der Waals surface area contributed by atoms with Crippen molar-refractivity contribution in [2.75, 3.05) is 25.0 Å². The Kier molecular flexibility index (Phi) is 4.76. The molecule has 1 aliphatic heterocycles. The highest BCUT2D eigenvalue weighted by molar-refractivity contribution is 5.35. The molecule has 0 aromatic carbocycles. The first-order valence-corrected chi connectivity index (χ1v) is 8.15. The molecular weight excluding hydrogens is 288 g/mol. The van der Waals surface area contributed by atoms with Crippen LogP contribution in [0.5, 0.6) is 0 Å². The summed E-state index contributed by atoms with van der Waals surface area (Å²) in [5.41, 5.74) is 2.20. The maximum atomic E-state index is 11.7. The van der Waals surface area contributed by atoms with Crippen LogP contribution in [0, 0.1) is 12.8 Å². The van der Waals surface area contributed by atoms with Crippen LogP contribution in [0.3, 0.4) is 0 Å². The lowest BCUT2D eigenvalue weighted by Crippen LogP contribution is -2.24. The molecule has 0 aliphatic carbocycles. The number of hydrogen-bond acceptors (Lipinski definition) is 4. The molecule has 122 valence electrons. The van der Waals surface area contributed by atoms with E-state index >= 15 is 0 Å². The summed E-state index contributed by atoms with van der Waals surface area (Å²) < 4.78 is 1.61. The number of aromatic nitrogens is 2. The van der Waals surface area contributed by atoms with E-state index in [1.54, 1.807) is 17.7 Å². The Bertz CT molecular complexity index is 725. The van der Waals surface area contributed by atoms with Crippen LogP contribution in [0.15, 0.2) is 41.3 Å². The molecule has 5 nitrogen and oxygen atoms in total. The lowest BCUT2D eigenvalue weighted by Gasteiger charge is -2.16. The Morgan fingerprint density at radius 1 is 1.35 bits per heavy atom. The number of pyridine rings is 2. The van der Waals surface area contributed by atoms with E-state index < -0.39 is 0 Å². The number of likely N-dealkylation sites (tertiary alicyclic amines) is 1. The van der Waals surface area contributed by atoms with Crippen molar-refractivity contribution in [3.05, 3.63) is 58.1 Å². The molecule has 1 fully saturated rings. The first-order valence-electron chi connectivity index (χ1n) is 8.15. The van der Waals surface area contributed by atoms with Gasteiger partial charge in [-0.25, -0.2) is 4.98 Å². The van der Waals surface area contributed by atoms with Gasteiger partial charge >= 0.3 is 0 Å². The van der Waals surface area contributed by atoms with Gasteiger partial charge in [-0.2, -0.15) is 0 Å². The lowest BCUT2D eigenvalue weighted by molar-refractivity contribution is 0.318. The minimum Gasteiger partial charge on any atom is -0.370 e. The van der Waals surface area contributed by atoms with E-state index in [9.17, 15) is 4.79 Å². The SMILES string of the molecule is Cc1cccc(NC[C@@H]2CCN(Cc3ccn(C)c(=O)c3)C2)n1.